The lowest BCUT2D eigenvalue weighted by Crippen LogP contribution is -2.40. The van der Waals surface area contributed by atoms with E-state index in [0.29, 0.717) is 6.04 Å². The standard InChI is InChI=1S/C16H28N4O/c1-3-7-14-18-15(17-4-2)12-16(19-14)20-10-6-5-8-13(20)9-11-21/h12-13,21H,3-11H2,1-2H3,(H,17,18,19). The minimum Gasteiger partial charge on any atom is -0.396 e. The number of nitrogens with zero attached hydrogens (tertiary/aromatic N) is 3. The first-order valence-corrected chi connectivity index (χ1v) is 8.27. The predicted octanol–water partition coefficient (Wildman–Crippen LogP) is 2.60. The van der Waals surface area contributed by atoms with Crippen LogP contribution in [0.15, 0.2) is 6.07 Å². The minimum absolute atomic E-state index is 0.244. The van der Waals surface area contributed by atoms with Crippen molar-refractivity contribution in [2.45, 2.75) is 58.4 Å². The summed E-state index contributed by atoms with van der Waals surface area (Å²) < 4.78 is 0. The van der Waals surface area contributed by atoms with Crippen molar-refractivity contribution >= 4 is 11.6 Å². The summed E-state index contributed by atoms with van der Waals surface area (Å²) in [6.45, 7) is 6.37. The van der Waals surface area contributed by atoms with E-state index in [2.05, 4.69) is 35.1 Å². The highest BCUT2D eigenvalue weighted by atomic mass is 16.3. The maximum absolute atomic E-state index is 9.29. The summed E-state index contributed by atoms with van der Waals surface area (Å²) in [5.41, 5.74) is 0. The molecule has 0 bridgehead atoms. The number of aliphatic hydroxyl groups excluding tert-OH is 1. The highest BCUT2D eigenvalue weighted by Crippen LogP contribution is 2.26. The van der Waals surface area contributed by atoms with E-state index < -0.39 is 0 Å². The van der Waals surface area contributed by atoms with Gasteiger partial charge in [0.05, 0.1) is 0 Å². The predicted molar refractivity (Wildman–Crippen MR) is 86.9 cm³/mol. The van der Waals surface area contributed by atoms with Gasteiger partial charge in [-0.05, 0) is 39.0 Å². The van der Waals surface area contributed by atoms with Crippen molar-refractivity contribution in [1.29, 1.82) is 0 Å². The molecule has 5 heteroatoms. The molecule has 2 heterocycles. The summed E-state index contributed by atoms with van der Waals surface area (Å²) in [6, 6.07) is 2.46. The molecule has 0 radical (unpaired) electrons. The van der Waals surface area contributed by atoms with Crippen molar-refractivity contribution in [2.75, 3.05) is 29.9 Å². The Hall–Kier alpha value is -1.36. The second-order valence-electron chi connectivity index (χ2n) is 5.66. The molecule has 0 spiro atoms. The molecule has 2 N–H and O–H groups in total. The molecule has 118 valence electrons. The number of hydrogen-bond acceptors (Lipinski definition) is 5. The van der Waals surface area contributed by atoms with Crippen LogP contribution in [0.2, 0.25) is 0 Å². The van der Waals surface area contributed by atoms with Gasteiger partial charge in [-0.15, -0.1) is 0 Å². The first-order valence-electron chi connectivity index (χ1n) is 8.27. The van der Waals surface area contributed by atoms with Crippen LogP contribution < -0.4 is 10.2 Å². The monoisotopic (exact) mass is 292 g/mol. The Morgan fingerprint density at radius 2 is 2.19 bits per heavy atom. The fourth-order valence-electron chi connectivity index (χ4n) is 2.99. The third-order valence-electron chi connectivity index (χ3n) is 3.97. The first-order chi connectivity index (χ1) is 10.3. The van der Waals surface area contributed by atoms with E-state index in [1.165, 1.54) is 12.8 Å². The normalized spacial score (nSPS) is 18.8. The van der Waals surface area contributed by atoms with Gasteiger partial charge < -0.3 is 15.3 Å². The molecule has 1 unspecified atom stereocenters. The average molecular weight is 292 g/mol. The molecule has 1 saturated heterocycles. The third kappa shape index (κ3) is 4.30. The quantitative estimate of drug-likeness (QED) is 0.809. The number of piperidine rings is 1. The van der Waals surface area contributed by atoms with Crippen LogP contribution in [0, 0.1) is 0 Å². The molecule has 0 saturated carbocycles. The van der Waals surface area contributed by atoms with Crippen LogP contribution in [-0.4, -0.2) is 40.8 Å². The van der Waals surface area contributed by atoms with Crippen molar-refractivity contribution in [3.63, 3.8) is 0 Å². The van der Waals surface area contributed by atoms with Crippen LogP contribution >= 0.6 is 0 Å². The number of aromatic nitrogens is 2. The van der Waals surface area contributed by atoms with Gasteiger partial charge in [-0.25, -0.2) is 9.97 Å². The summed E-state index contributed by atoms with van der Waals surface area (Å²) >= 11 is 0. The van der Waals surface area contributed by atoms with Gasteiger partial charge in [-0.3, -0.25) is 0 Å². The lowest BCUT2D eigenvalue weighted by atomic mass is 9.99. The van der Waals surface area contributed by atoms with Gasteiger partial charge in [0.1, 0.15) is 17.5 Å². The number of hydrogen-bond donors (Lipinski definition) is 2. The highest BCUT2D eigenvalue weighted by Gasteiger charge is 2.24. The Kier molecular flexibility index (Phi) is 6.23. The molecule has 21 heavy (non-hydrogen) atoms. The van der Waals surface area contributed by atoms with Crippen LogP contribution in [0.3, 0.4) is 0 Å². The summed E-state index contributed by atoms with van der Waals surface area (Å²) in [7, 11) is 0. The second-order valence-corrected chi connectivity index (χ2v) is 5.66. The van der Waals surface area contributed by atoms with Gasteiger partial charge in [0.15, 0.2) is 0 Å². The van der Waals surface area contributed by atoms with Gasteiger partial charge >= 0.3 is 0 Å². The van der Waals surface area contributed by atoms with Gasteiger partial charge in [0, 0.05) is 38.2 Å². The van der Waals surface area contributed by atoms with Crippen LogP contribution in [-0.2, 0) is 6.42 Å². The maximum atomic E-state index is 9.29. The van der Waals surface area contributed by atoms with E-state index in [4.69, 9.17) is 4.98 Å². The molecule has 1 aliphatic heterocycles. The van der Waals surface area contributed by atoms with Gasteiger partial charge in [0.25, 0.3) is 0 Å². The minimum atomic E-state index is 0.244. The van der Waals surface area contributed by atoms with E-state index in [1.54, 1.807) is 0 Å². The fraction of sp³-hybridized carbons (Fsp3) is 0.750. The highest BCUT2D eigenvalue weighted by molar-refractivity contribution is 5.50. The Bertz CT molecular complexity index is 412. The van der Waals surface area contributed by atoms with E-state index in [0.717, 1.165) is 56.2 Å². The zero-order valence-electron chi connectivity index (χ0n) is 13.3. The number of aryl methyl sites for hydroxylation is 1. The number of rotatable bonds is 7. The summed E-state index contributed by atoms with van der Waals surface area (Å²) in [4.78, 5) is 11.7. The Morgan fingerprint density at radius 1 is 1.33 bits per heavy atom. The topological polar surface area (TPSA) is 61.3 Å². The molecule has 1 atom stereocenters. The van der Waals surface area contributed by atoms with E-state index in [-0.39, 0.29) is 6.61 Å². The SMILES string of the molecule is CCCc1nc(NCC)cc(N2CCCCC2CCO)n1. The van der Waals surface area contributed by atoms with Crippen molar-refractivity contribution in [2.24, 2.45) is 0 Å². The molecule has 1 aromatic heterocycles. The summed E-state index contributed by atoms with van der Waals surface area (Å²) in [6.07, 6.45) is 6.37. The largest absolute Gasteiger partial charge is 0.396 e. The number of anilines is 2. The summed E-state index contributed by atoms with van der Waals surface area (Å²) in [5, 5.41) is 12.6. The van der Waals surface area contributed by atoms with Crippen LogP contribution in [0.1, 0.15) is 51.8 Å². The molecule has 0 aromatic carbocycles. The number of aliphatic hydroxyl groups is 1. The van der Waals surface area contributed by atoms with E-state index in [9.17, 15) is 5.11 Å². The average Bonchev–Trinajstić information content (AvgIpc) is 2.49. The smallest absolute Gasteiger partial charge is 0.134 e. The van der Waals surface area contributed by atoms with Crippen molar-refractivity contribution in [3.8, 4) is 0 Å². The van der Waals surface area contributed by atoms with Gasteiger partial charge in [0.2, 0.25) is 0 Å². The fourth-order valence-corrected chi connectivity index (χ4v) is 2.99. The van der Waals surface area contributed by atoms with Crippen LogP contribution in [0.4, 0.5) is 11.6 Å². The Balaban J connectivity index is 2.26. The Labute approximate surface area is 127 Å². The van der Waals surface area contributed by atoms with E-state index >= 15 is 0 Å². The molecule has 1 fully saturated rings. The second kappa shape index (κ2) is 8.17. The molecule has 2 rings (SSSR count). The molecular formula is C16H28N4O. The van der Waals surface area contributed by atoms with Gasteiger partial charge in [-0.1, -0.05) is 6.92 Å². The molecule has 1 aromatic rings. The number of nitrogens with one attached hydrogen (secondary N) is 1. The van der Waals surface area contributed by atoms with Crippen molar-refractivity contribution in [3.05, 3.63) is 11.9 Å². The zero-order chi connectivity index (χ0) is 15.1. The summed E-state index contributed by atoms with van der Waals surface area (Å²) in [5.74, 6) is 2.85. The maximum Gasteiger partial charge on any atom is 0.134 e. The molecule has 1 aliphatic rings. The van der Waals surface area contributed by atoms with Crippen molar-refractivity contribution in [1.82, 2.24) is 9.97 Å². The Morgan fingerprint density at radius 3 is 2.90 bits per heavy atom. The lowest BCUT2D eigenvalue weighted by Gasteiger charge is -2.36. The molecule has 0 amide bonds. The molecule has 0 aliphatic carbocycles. The molecular weight excluding hydrogens is 264 g/mol. The molecule has 5 nitrogen and oxygen atoms in total. The lowest BCUT2D eigenvalue weighted by molar-refractivity contribution is 0.262. The third-order valence-corrected chi connectivity index (χ3v) is 3.97. The first kappa shape index (κ1) is 16.0. The van der Waals surface area contributed by atoms with Crippen molar-refractivity contribution < 1.29 is 5.11 Å². The van der Waals surface area contributed by atoms with Gasteiger partial charge in [-0.2, -0.15) is 0 Å². The van der Waals surface area contributed by atoms with Crippen LogP contribution in [0.25, 0.3) is 0 Å². The van der Waals surface area contributed by atoms with E-state index in [1.807, 2.05) is 0 Å². The van der Waals surface area contributed by atoms with Crippen LogP contribution in [0.5, 0.6) is 0 Å². The zero-order valence-corrected chi connectivity index (χ0v) is 13.3.